The number of morpholine rings is 1. The van der Waals surface area contributed by atoms with Crippen molar-refractivity contribution in [1.29, 1.82) is 0 Å². The van der Waals surface area contributed by atoms with E-state index in [-0.39, 0.29) is 0 Å². The van der Waals surface area contributed by atoms with E-state index in [9.17, 15) is 13.2 Å². The van der Waals surface area contributed by atoms with Crippen molar-refractivity contribution in [2.24, 2.45) is 0 Å². The van der Waals surface area contributed by atoms with Gasteiger partial charge in [-0.1, -0.05) is 0 Å². The molecule has 1 aromatic heterocycles. The highest BCUT2D eigenvalue weighted by molar-refractivity contribution is 7.80. The Kier molecular flexibility index (Phi) is 6.72. The first-order chi connectivity index (χ1) is 12.9. The van der Waals surface area contributed by atoms with E-state index in [0.717, 1.165) is 69.9 Å². The zero-order valence-corrected chi connectivity index (χ0v) is 16.0. The van der Waals surface area contributed by atoms with E-state index in [2.05, 4.69) is 15.2 Å². The lowest BCUT2D eigenvalue weighted by atomic mass is 10.2. The summed E-state index contributed by atoms with van der Waals surface area (Å²) in [6.45, 7) is 8.47. The number of thiocarbonyl (C=S) groups is 1. The van der Waals surface area contributed by atoms with E-state index in [1.54, 1.807) is 0 Å². The minimum Gasteiger partial charge on any atom is -0.370 e. The number of nitrogens with one attached hydrogen (secondary N) is 3. The minimum absolute atomic E-state index is 0.669. The van der Waals surface area contributed by atoms with Gasteiger partial charge in [0.1, 0.15) is 32.4 Å². The molecule has 2 fully saturated rings. The molecule has 1 aromatic rings. The lowest BCUT2D eigenvalue weighted by Crippen LogP contribution is -3.14. The second-order valence-electron chi connectivity index (χ2n) is 6.78. The van der Waals surface area contributed by atoms with Gasteiger partial charge in [0.15, 0.2) is 5.11 Å². The number of rotatable bonds is 4. The van der Waals surface area contributed by atoms with E-state index >= 15 is 0 Å². The third kappa shape index (κ3) is 5.66. The SMILES string of the molecule is FC(F)(F)c1ccc(N2CCN(C(=S)NCC[NH+]3CCOCC3)CC2)[nH+]c1. The summed E-state index contributed by atoms with van der Waals surface area (Å²) < 4.78 is 43.3. The summed E-state index contributed by atoms with van der Waals surface area (Å²) in [4.78, 5) is 8.44. The third-order valence-electron chi connectivity index (χ3n) is 4.99. The average molecular weight is 405 g/mol. The molecule has 2 saturated heterocycles. The molecule has 2 aliphatic heterocycles. The Bertz CT molecular complexity index is 614. The molecule has 27 heavy (non-hydrogen) atoms. The molecule has 0 aromatic carbocycles. The number of hydrogen-bond donors (Lipinski definition) is 2. The first-order valence-electron chi connectivity index (χ1n) is 9.21. The van der Waals surface area contributed by atoms with E-state index in [1.807, 2.05) is 4.90 Å². The van der Waals surface area contributed by atoms with E-state index < -0.39 is 11.7 Å². The maximum Gasteiger partial charge on any atom is 0.419 e. The number of aromatic nitrogens is 1. The molecule has 3 rings (SSSR count). The number of ether oxygens (including phenoxy) is 1. The van der Waals surface area contributed by atoms with Crippen LogP contribution in [0.4, 0.5) is 19.0 Å². The monoisotopic (exact) mass is 405 g/mol. The number of alkyl halides is 3. The van der Waals surface area contributed by atoms with Crippen LogP contribution < -0.4 is 20.1 Å². The highest BCUT2D eigenvalue weighted by atomic mass is 32.1. The van der Waals surface area contributed by atoms with Gasteiger partial charge >= 0.3 is 6.18 Å². The second kappa shape index (κ2) is 9.03. The Balaban J connectivity index is 1.40. The lowest BCUT2D eigenvalue weighted by Gasteiger charge is -2.33. The highest BCUT2D eigenvalue weighted by Gasteiger charge is 2.32. The van der Waals surface area contributed by atoms with Crippen molar-refractivity contribution < 1.29 is 27.8 Å². The molecule has 0 amide bonds. The van der Waals surface area contributed by atoms with Crippen molar-refractivity contribution in [3.05, 3.63) is 23.9 Å². The van der Waals surface area contributed by atoms with Crippen LogP contribution in [0.25, 0.3) is 0 Å². The van der Waals surface area contributed by atoms with Crippen molar-refractivity contribution in [2.45, 2.75) is 6.18 Å². The van der Waals surface area contributed by atoms with E-state index in [0.29, 0.717) is 18.9 Å². The van der Waals surface area contributed by atoms with Gasteiger partial charge in [0.2, 0.25) is 0 Å². The fraction of sp³-hybridized carbons (Fsp3) is 0.647. The summed E-state index contributed by atoms with van der Waals surface area (Å²) in [6, 6.07) is 2.60. The molecule has 0 atom stereocenters. The summed E-state index contributed by atoms with van der Waals surface area (Å²) in [6.07, 6.45) is -3.31. The number of hydrogen-bond acceptors (Lipinski definition) is 3. The largest absolute Gasteiger partial charge is 0.419 e. The maximum atomic E-state index is 12.7. The Morgan fingerprint density at radius 1 is 1.19 bits per heavy atom. The molecule has 10 heteroatoms. The number of quaternary nitrogens is 1. The van der Waals surface area contributed by atoms with Crippen LogP contribution in [0.2, 0.25) is 0 Å². The van der Waals surface area contributed by atoms with Crippen molar-refractivity contribution in [3.63, 3.8) is 0 Å². The van der Waals surface area contributed by atoms with Gasteiger partial charge in [-0.25, -0.2) is 4.98 Å². The van der Waals surface area contributed by atoms with Crippen LogP contribution in [0.5, 0.6) is 0 Å². The predicted octanol–water partition coefficient (Wildman–Crippen LogP) is -0.569. The number of piperazine rings is 1. The van der Waals surface area contributed by atoms with E-state index in [1.165, 1.54) is 11.0 Å². The number of halogens is 3. The second-order valence-corrected chi connectivity index (χ2v) is 7.17. The molecule has 0 radical (unpaired) electrons. The number of pyridine rings is 1. The van der Waals surface area contributed by atoms with Crippen LogP contribution in [0.15, 0.2) is 18.3 Å². The van der Waals surface area contributed by atoms with Crippen molar-refractivity contribution >= 4 is 23.1 Å². The predicted molar refractivity (Wildman–Crippen MR) is 98.8 cm³/mol. The molecule has 0 unspecified atom stereocenters. The zero-order chi connectivity index (χ0) is 19.3. The quantitative estimate of drug-likeness (QED) is 0.658. The highest BCUT2D eigenvalue weighted by Crippen LogP contribution is 2.28. The van der Waals surface area contributed by atoms with Crippen LogP contribution >= 0.6 is 12.2 Å². The van der Waals surface area contributed by atoms with Crippen molar-refractivity contribution in [2.75, 3.05) is 70.5 Å². The van der Waals surface area contributed by atoms with Crippen LogP contribution in [-0.2, 0) is 10.9 Å². The molecule has 3 N–H and O–H groups in total. The first-order valence-corrected chi connectivity index (χ1v) is 9.62. The number of anilines is 1. The van der Waals surface area contributed by atoms with Gasteiger partial charge in [0, 0.05) is 6.07 Å². The maximum absolute atomic E-state index is 12.7. The summed E-state index contributed by atoms with van der Waals surface area (Å²) in [5, 5.41) is 4.07. The standard InChI is InChI=1S/C17H24F3N5OS/c18-17(19,20)14-1-2-15(22-13-14)24-5-7-25(8-6-24)16(27)21-3-4-23-9-11-26-12-10-23/h1-2,13H,3-12H2,(H,21,27)/p+2. The summed E-state index contributed by atoms with van der Waals surface area (Å²) >= 11 is 5.48. The normalized spacial score (nSPS) is 19.2. The number of nitrogens with zero attached hydrogens (tertiary/aromatic N) is 2. The molecule has 0 bridgehead atoms. The van der Waals surface area contributed by atoms with Gasteiger partial charge < -0.3 is 19.9 Å². The van der Waals surface area contributed by atoms with Crippen LogP contribution in [-0.4, -0.2) is 75.6 Å². The molecule has 0 aliphatic carbocycles. The minimum atomic E-state index is -4.32. The average Bonchev–Trinajstić information content (AvgIpc) is 2.68. The number of aromatic amines is 1. The molecule has 2 aliphatic rings. The lowest BCUT2D eigenvalue weighted by molar-refractivity contribution is -0.906. The van der Waals surface area contributed by atoms with E-state index in [4.69, 9.17) is 17.0 Å². The van der Waals surface area contributed by atoms with Gasteiger partial charge in [-0.15, -0.1) is 0 Å². The first kappa shape index (κ1) is 20.1. The molecule has 6 nitrogen and oxygen atoms in total. The Labute approximate surface area is 162 Å². The van der Waals surface area contributed by atoms with Gasteiger partial charge in [-0.2, -0.15) is 13.2 Å². The molecule has 0 spiro atoms. The van der Waals surface area contributed by atoms with Gasteiger partial charge in [-0.05, 0) is 18.3 Å². The fourth-order valence-electron chi connectivity index (χ4n) is 3.31. The third-order valence-corrected chi connectivity index (χ3v) is 5.39. The summed E-state index contributed by atoms with van der Waals surface area (Å²) in [5.74, 6) is 0.692. The Morgan fingerprint density at radius 2 is 1.89 bits per heavy atom. The molecule has 3 heterocycles. The van der Waals surface area contributed by atoms with Crippen LogP contribution in [0.3, 0.4) is 0 Å². The van der Waals surface area contributed by atoms with Crippen molar-refractivity contribution in [3.8, 4) is 0 Å². The van der Waals surface area contributed by atoms with Gasteiger partial charge in [0.25, 0.3) is 5.82 Å². The van der Waals surface area contributed by atoms with Crippen LogP contribution in [0.1, 0.15) is 5.56 Å². The van der Waals surface area contributed by atoms with Crippen molar-refractivity contribution in [1.82, 2.24) is 10.2 Å². The molecule has 0 saturated carbocycles. The summed E-state index contributed by atoms with van der Waals surface area (Å²) in [7, 11) is 0. The van der Waals surface area contributed by atoms with Crippen LogP contribution in [0, 0.1) is 0 Å². The molecular weight excluding hydrogens is 379 g/mol. The van der Waals surface area contributed by atoms with Gasteiger partial charge in [0.05, 0.1) is 45.0 Å². The van der Waals surface area contributed by atoms with Gasteiger partial charge in [-0.3, -0.25) is 4.90 Å². The molecular formula is C17H26F3N5OS+2. The smallest absolute Gasteiger partial charge is 0.370 e. The Morgan fingerprint density at radius 3 is 2.48 bits per heavy atom. The zero-order valence-electron chi connectivity index (χ0n) is 15.1. The fourth-order valence-corrected chi connectivity index (χ4v) is 3.59. The Hall–Kier alpha value is -1.65. The topological polar surface area (TPSA) is 46.3 Å². The number of H-pyrrole nitrogens is 1. The summed E-state index contributed by atoms with van der Waals surface area (Å²) in [5.41, 5.74) is -0.669. The molecule has 150 valence electrons.